The van der Waals surface area contributed by atoms with Crippen molar-refractivity contribution in [2.75, 3.05) is 19.5 Å². The number of nitrogens with zero attached hydrogens (tertiary/aromatic N) is 2. The van der Waals surface area contributed by atoms with Gasteiger partial charge >= 0.3 is 11.7 Å². The first-order valence-corrected chi connectivity index (χ1v) is 8.10. The fourth-order valence-electron chi connectivity index (χ4n) is 1.64. The summed E-state index contributed by atoms with van der Waals surface area (Å²) in [5, 5.41) is 11.5. The largest absolute Gasteiger partial charge is 0.385 e. The van der Waals surface area contributed by atoms with Crippen LogP contribution in [0.2, 0.25) is 0 Å². The van der Waals surface area contributed by atoms with Gasteiger partial charge in [0.05, 0.1) is 5.75 Å². The number of thioether (sulfide) groups is 1. The minimum Gasteiger partial charge on any atom is -0.385 e. The molecule has 23 heavy (non-hydrogen) atoms. The topological polar surface area (TPSA) is 118 Å². The monoisotopic (exact) mass is 345 g/mol. The zero-order valence-electron chi connectivity index (χ0n) is 13.8. The Morgan fingerprint density at radius 1 is 1.39 bits per heavy atom. The van der Waals surface area contributed by atoms with Gasteiger partial charge in [0.15, 0.2) is 5.16 Å². The van der Waals surface area contributed by atoms with Crippen LogP contribution in [0, 0.1) is 0 Å². The molecule has 0 bridgehead atoms. The quantitative estimate of drug-likeness (QED) is 0.484. The van der Waals surface area contributed by atoms with E-state index in [9.17, 15) is 14.4 Å². The van der Waals surface area contributed by atoms with Crippen LogP contribution in [0.1, 0.15) is 27.2 Å². The van der Waals surface area contributed by atoms with Gasteiger partial charge in [-0.3, -0.25) is 14.7 Å². The van der Waals surface area contributed by atoms with Crippen molar-refractivity contribution in [1.82, 2.24) is 25.4 Å². The van der Waals surface area contributed by atoms with Gasteiger partial charge in [-0.05, 0) is 27.2 Å². The summed E-state index contributed by atoms with van der Waals surface area (Å²) >= 11 is 1.08. The maximum atomic E-state index is 11.8. The average molecular weight is 345 g/mol. The molecule has 9 nitrogen and oxygen atoms in total. The highest BCUT2D eigenvalue weighted by Crippen LogP contribution is 2.12. The zero-order chi connectivity index (χ0) is 17.5. The molecule has 3 amide bonds. The van der Waals surface area contributed by atoms with Crippen molar-refractivity contribution in [2.24, 2.45) is 0 Å². The number of methoxy groups -OCH3 is 1. The van der Waals surface area contributed by atoms with Crippen LogP contribution in [0.25, 0.3) is 0 Å². The van der Waals surface area contributed by atoms with E-state index < -0.39 is 17.5 Å². The molecule has 0 saturated carbocycles. The number of nitrogens with one attached hydrogen (secondary N) is 3. The SMILES string of the molecule is COCCCn1c(SCC(=O)NC(=O)NC(C)(C)C)n[nH]c1=O. The number of carbonyl (C=O) groups excluding carboxylic acids is 2. The molecule has 10 heteroatoms. The Morgan fingerprint density at radius 2 is 2.09 bits per heavy atom. The van der Waals surface area contributed by atoms with E-state index in [0.717, 1.165) is 11.8 Å². The summed E-state index contributed by atoms with van der Waals surface area (Å²) in [7, 11) is 1.58. The molecule has 130 valence electrons. The number of rotatable bonds is 7. The van der Waals surface area contributed by atoms with Gasteiger partial charge in [0.25, 0.3) is 0 Å². The highest BCUT2D eigenvalue weighted by atomic mass is 32.2. The van der Waals surface area contributed by atoms with E-state index in [4.69, 9.17) is 4.74 Å². The number of H-pyrrole nitrogens is 1. The van der Waals surface area contributed by atoms with Crippen molar-refractivity contribution in [2.45, 2.75) is 44.4 Å². The molecule has 0 fully saturated rings. The van der Waals surface area contributed by atoms with Crippen molar-refractivity contribution < 1.29 is 14.3 Å². The standard InChI is InChI=1S/C13H23N5O4S/c1-13(2,3)15-10(20)14-9(19)8-23-12-17-16-11(21)18(12)6-5-7-22-4/h5-8H2,1-4H3,(H,16,21)(H2,14,15,19,20). The Hall–Kier alpha value is -1.81. The first-order valence-electron chi connectivity index (χ1n) is 7.12. The summed E-state index contributed by atoms with van der Waals surface area (Å²) in [4.78, 5) is 35.0. The second kappa shape index (κ2) is 8.73. The predicted molar refractivity (Wildman–Crippen MR) is 86.5 cm³/mol. The van der Waals surface area contributed by atoms with Crippen molar-refractivity contribution in [3.8, 4) is 0 Å². The Morgan fingerprint density at radius 3 is 2.70 bits per heavy atom. The molecule has 0 spiro atoms. The molecule has 0 aliphatic rings. The molecule has 3 N–H and O–H groups in total. The number of carbonyl (C=O) groups is 2. The van der Waals surface area contributed by atoms with Crippen LogP contribution in [0.3, 0.4) is 0 Å². The van der Waals surface area contributed by atoms with Gasteiger partial charge < -0.3 is 10.1 Å². The summed E-state index contributed by atoms with van der Waals surface area (Å²) in [5.74, 6) is -0.484. The van der Waals surface area contributed by atoms with Crippen LogP contribution in [-0.2, 0) is 16.1 Å². The van der Waals surface area contributed by atoms with Crippen LogP contribution in [0.5, 0.6) is 0 Å². The van der Waals surface area contributed by atoms with Crippen LogP contribution in [0.15, 0.2) is 9.95 Å². The Labute approximate surface area is 138 Å². The van der Waals surface area contributed by atoms with Gasteiger partial charge in [-0.25, -0.2) is 14.7 Å². The molecule has 1 aromatic rings. The molecule has 0 atom stereocenters. The van der Waals surface area contributed by atoms with Gasteiger partial charge in [-0.1, -0.05) is 11.8 Å². The van der Waals surface area contributed by atoms with E-state index in [2.05, 4.69) is 20.8 Å². The third kappa shape index (κ3) is 7.33. The maximum absolute atomic E-state index is 11.8. The molecule has 0 aliphatic heterocycles. The summed E-state index contributed by atoms with van der Waals surface area (Å²) in [6.45, 7) is 6.41. The number of amides is 3. The van der Waals surface area contributed by atoms with Crippen LogP contribution < -0.4 is 16.3 Å². The van der Waals surface area contributed by atoms with Crippen molar-refractivity contribution >= 4 is 23.7 Å². The molecule has 1 heterocycles. The first kappa shape index (κ1) is 19.2. The van der Waals surface area contributed by atoms with Gasteiger partial charge in [-0.2, -0.15) is 0 Å². The number of urea groups is 1. The van der Waals surface area contributed by atoms with E-state index in [0.29, 0.717) is 24.7 Å². The van der Waals surface area contributed by atoms with Crippen LogP contribution in [-0.4, -0.2) is 51.7 Å². The molecule has 0 aliphatic carbocycles. The highest BCUT2D eigenvalue weighted by Gasteiger charge is 2.17. The highest BCUT2D eigenvalue weighted by molar-refractivity contribution is 7.99. The van der Waals surface area contributed by atoms with Gasteiger partial charge in [0, 0.05) is 25.8 Å². The van der Waals surface area contributed by atoms with Crippen molar-refractivity contribution in [3.63, 3.8) is 0 Å². The molecule has 1 aromatic heterocycles. The zero-order valence-corrected chi connectivity index (χ0v) is 14.6. The molecule has 0 saturated heterocycles. The van der Waals surface area contributed by atoms with E-state index in [1.54, 1.807) is 7.11 Å². The van der Waals surface area contributed by atoms with Crippen molar-refractivity contribution in [3.05, 3.63) is 10.5 Å². The summed E-state index contributed by atoms with van der Waals surface area (Å²) in [5.41, 5.74) is -0.767. The third-order valence-corrected chi connectivity index (χ3v) is 3.50. The van der Waals surface area contributed by atoms with Crippen molar-refractivity contribution in [1.29, 1.82) is 0 Å². The van der Waals surface area contributed by atoms with Gasteiger partial charge in [0.1, 0.15) is 0 Å². The van der Waals surface area contributed by atoms with E-state index >= 15 is 0 Å². The van der Waals surface area contributed by atoms with Crippen LogP contribution >= 0.6 is 11.8 Å². The molecule has 0 unspecified atom stereocenters. The first-order chi connectivity index (χ1) is 10.7. The second-order valence-electron chi connectivity index (χ2n) is 5.85. The number of imide groups is 1. The minimum atomic E-state index is -0.553. The lowest BCUT2D eigenvalue weighted by Gasteiger charge is -2.20. The Bertz CT molecular complexity index is 590. The Kier molecular flexibility index (Phi) is 7.30. The normalized spacial score (nSPS) is 11.3. The molecule has 0 aromatic carbocycles. The Balaban J connectivity index is 2.50. The molecular weight excluding hydrogens is 322 g/mol. The number of aromatic nitrogens is 3. The lowest BCUT2D eigenvalue weighted by molar-refractivity contribution is -0.117. The molecule has 0 radical (unpaired) electrons. The number of hydrogen-bond acceptors (Lipinski definition) is 6. The maximum Gasteiger partial charge on any atom is 0.343 e. The number of ether oxygens (including phenoxy) is 1. The van der Waals surface area contributed by atoms with E-state index in [1.807, 2.05) is 20.8 Å². The lowest BCUT2D eigenvalue weighted by Crippen LogP contribution is -2.48. The number of aromatic amines is 1. The fraction of sp³-hybridized carbons (Fsp3) is 0.692. The predicted octanol–water partition coefficient (Wildman–Crippen LogP) is 0.324. The minimum absolute atomic E-state index is 0.0217. The summed E-state index contributed by atoms with van der Waals surface area (Å²) in [6.07, 6.45) is 0.656. The molecular formula is C13H23N5O4S. The van der Waals surface area contributed by atoms with E-state index in [1.165, 1.54) is 4.57 Å². The van der Waals surface area contributed by atoms with Gasteiger partial charge in [-0.15, -0.1) is 5.10 Å². The lowest BCUT2D eigenvalue weighted by atomic mass is 10.1. The number of hydrogen-bond donors (Lipinski definition) is 3. The summed E-state index contributed by atoms with van der Waals surface area (Å²) in [6, 6.07) is -0.553. The second-order valence-corrected chi connectivity index (χ2v) is 6.79. The fourth-order valence-corrected chi connectivity index (χ4v) is 2.41. The smallest absolute Gasteiger partial charge is 0.343 e. The van der Waals surface area contributed by atoms with E-state index in [-0.39, 0.29) is 11.4 Å². The third-order valence-electron chi connectivity index (χ3n) is 2.53. The molecule has 1 rings (SSSR count). The van der Waals surface area contributed by atoms with Crippen LogP contribution in [0.4, 0.5) is 4.79 Å². The summed E-state index contributed by atoms with van der Waals surface area (Å²) < 4.78 is 6.38. The average Bonchev–Trinajstić information content (AvgIpc) is 2.75. The van der Waals surface area contributed by atoms with Gasteiger partial charge in [0.2, 0.25) is 5.91 Å².